The highest BCUT2D eigenvalue weighted by Crippen LogP contribution is 2.38. The van der Waals surface area contributed by atoms with E-state index in [1.165, 1.54) is 12.1 Å². The maximum Gasteiger partial charge on any atom is 0.175 e. The average Bonchev–Trinajstić information content (AvgIpc) is 3.30. The van der Waals surface area contributed by atoms with Gasteiger partial charge in [0.1, 0.15) is 24.3 Å². The van der Waals surface area contributed by atoms with Crippen molar-refractivity contribution in [1.29, 1.82) is 5.26 Å². The first-order valence-electron chi connectivity index (χ1n) is 11.4. The molecule has 0 spiro atoms. The Morgan fingerprint density at radius 2 is 1.92 bits per heavy atom. The molecule has 0 aliphatic heterocycles. The van der Waals surface area contributed by atoms with Gasteiger partial charge in [0.15, 0.2) is 11.5 Å². The van der Waals surface area contributed by atoms with Crippen LogP contribution in [0, 0.1) is 17.1 Å². The van der Waals surface area contributed by atoms with E-state index in [1.807, 2.05) is 43.3 Å². The van der Waals surface area contributed by atoms with Crippen molar-refractivity contribution in [3.63, 3.8) is 0 Å². The Morgan fingerprint density at radius 3 is 2.75 bits per heavy atom. The molecule has 0 aliphatic carbocycles. The first kappa shape index (κ1) is 23.6. The third-order valence-corrected chi connectivity index (χ3v) is 6.30. The summed E-state index contributed by atoms with van der Waals surface area (Å²) in [5, 5.41) is 12.1. The van der Waals surface area contributed by atoms with Crippen LogP contribution in [0.1, 0.15) is 23.9 Å². The van der Waals surface area contributed by atoms with Gasteiger partial charge >= 0.3 is 0 Å². The number of H-pyrrole nitrogens is 1. The second kappa shape index (κ2) is 10.2. The number of halogens is 2. The lowest BCUT2D eigenvalue weighted by atomic mass is 10.1. The van der Waals surface area contributed by atoms with Crippen LogP contribution < -0.4 is 9.47 Å². The number of nitriles is 1. The number of hydrogen-bond acceptors (Lipinski definition) is 4. The maximum atomic E-state index is 13.6. The lowest BCUT2D eigenvalue weighted by Gasteiger charge is -2.15. The number of benzene rings is 4. The minimum Gasteiger partial charge on any atom is -0.490 e. The van der Waals surface area contributed by atoms with Crippen LogP contribution in [0.3, 0.4) is 0 Å². The van der Waals surface area contributed by atoms with Gasteiger partial charge in [0, 0.05) is 0 Å². The van der Waals surface area contributed by atoms with Crippen LogP contribution in [-0.4, -0.2) is 16.6 Å². The molecule has 1 heterocycles. The summed E-state index contributed by atoms with van der Waals surface area (Å²) in [5.41, 5.74) is 3.22. The zero-order chi connectivity index (χ0) is 25.1. The zero-order valence-corrected chi connectivity index (χ0v) is 21.0. The largest absolute Gasteiger partial charge is 0.490 e. The molecule has 5 nitrogen and oxygen atoms in total. The molecule has 178 valence electrons. The van der Waals surface area contributed by atoms with Gasteiger partial charge in [0.2, 0.25) is 0 Å². The summed E-state index contributed by atoms with van der Waals surface area (Å²) in [6, 6.07) is 24.5. The van der Waals surface area contributed by atoms with E-state index in [2.05, 4.69) is 50.2 Å². The molecule has 0 fully saturated rings. The van der Waals surface area contributed by atoms with Gasteiger partial charge in [-0.3, -0.25) is 0 Å². The number of nitrogens with zero attached hydrogens (tertiary/aromatic N) is 2. The first-order valence-corrected chi connectivity index (χ1v) is 12.2. The van der Waals surface area contributed by atoms with Gasteiger partial charge < -0.3 is 14.5 Å². The van der Waals surface area contributed by atoms with Crippen molar-refractivity contribution in [3.8, 4) is 17.6 Å². The van der Waals surface area contributed by atoms with Gasteiger partial charge in [0.25, 0.3) is 0 Å². The Bertz CT molecular complexity index is 1650. The first-order chi connectivity index (χ1) is 17.6. The standard InChI is InChI=1S/C29H21BrFN3O2/c1-2-35-27-14-18(12-21(16-32)29-33-25-11-10-22(31)15-26(25)34-29)13-24(30)28(27)36-17-20-8-5-7-19-6-3-4-9-23(19)20/h3-15H,2,17H2,1H3,(H,33,34)/b21-12-. The summed E-state index contributed by atoms with van der Waals surface area (Å²) < 4.78 is 26.4. The molecule has 1 N–H and O–H groups in total. The molecule has 0 amide bonds. The predicted octanol–water partition coefficient (Wildman–Crippen LogP) is 7.66. The highest BCUT2D eigenvalue weighted by Gasteiger charge is 2.15. The van der Waals surface area contributed by atoms with E-state index >= 15 is 0 Å². The van der Waals surface area contributed by atoms with Crippen molar-refractivity contribution in [1.82, 2.24) is 9.97 Å². The number of imidazole rings is 1. The number of ether oxygens (including phenoxy) is 2. The minimum atomic E-state index is -0.371. The smallest absolute Gasteiger partial charge is 0.175 e. The van der Waals surface area contributed by atoms with Crippen LogP contribution in [0.25, 0.3) is 33.5 Å². The number of hydrogen-bond donors (Lipinski definition) is 1. The zero-order valence-electron chi connectivity index (χ0n) is 19.4. The maximum absolute atomic E-state index is 13.6. The summed E-state index contributed by atoms with van der Waals surface area (Å²) in [4.78, 5) is 7.44. The number of rotatable bonds is 7. The van der Waals surface area contributed by atoms with Crippen molar-refractivity contribution in [2.45, 2.75) is 13.5 Å². The van der Waals surface area contributed by atoms with Gasteiger partial charge in [-0.2, -0.15) is 5.26 Å². The second-order valence-corrected chi connectivity index (χ2v) is 8.96. The van der Waals surface area contributed by atoms with E-state index in [0.29, 0.717) is 51.6 Å². The Hall–Kier alpha value is -4.15. The van der Waals surface area contributed by atoms with E-state index in [1.54, 1.807) is 12.1 Å². The van der Waals surface area contributed by atoms with Gasteiger partial charge in [0.05, 0.1) is 27.7 Å². The summed E-state index contributed by atoms with van der Waals surface area (Å²) in [5.74, 6) is 1.13. The normalized spacial score (nSPS) is 11.6. The van der Waals surface area contributed by atoms with Gasteiger partial charge in [-0.1, -0.05) is 42.5 Å². The minimum absolute atomic E-state index is 0.311. The molecule has 0 radical (unpaired) electrons. The monoisotopic (exact) mass is 541 g/mol. The molecule has 7 heteroatoms. The van der Waals surface area contributed by atoms with Crippen LogP contribution in [-0.2, 0) is 6.61 Å². The lowest BCUT2D eigenvalue weighted by molar-refractivity contribution is 0.268. The lowest BCUT2D eigenvalue weighted by Crippen LogP contribution is -2.01. The predicted molar refractivity (Wildman–Crippen MR) is 143 cm³/mol. The molecule has 0 bridgehead atoms. The molecular formula is C29H21BrFN3O2. The molecule has 0 saturated carbocycles. The van der Waals surface area contributed by atoms with Gasteiger partial charge in [-0.15, -0.1) is 0 Å². The van der Waals surface area contributed by atoms with Crippen LogP contribution in [0.5, 0.6) is 11.5 Å². The molecule has 0 atom stereocenters. The molecule has 5 rings (SSSR count). The van der Waals surface area contributed by atoms with Gasteiger partial charge in [-0.25, -0.2) is 9.37 Å². The van der Waals surface area contributed by atoms with Crippen LogP contribution in [0.15, 0.2) is 77.3 Å². The summed E-state index contributed by atoms with van der Waals surface area (Å²) in [6.45, 7) is 2.72. The fourth-order valence-corrected chi connectivity index (χ4v) is 4.65. The van der Waals surface area contributed by atoms with Crippen LogP contribution >= 0.6 is 15.9 Å². The molecule has 0 saturated heterocycles. The second-order valence-electron chi connectivity index (χ2n) is 8.11. The Balaban J connectivity index is 1.47. The number of aromatic nitrogens is 2. The molecule has 5 aromatic rings. The molecule has 36 heavy (non-hydrogen) atoms. The summed E-state index contributed by atoms with van der Waals surface area (Å²) in [7, 11) is 0. The number of nitrogens with one attached hydrogen (secondary N) is 1. The fourth-order valence-electron chi connectivity index (χ4n) is 4.07. The summed E-state index contributed by atoms with van der Waals surface area (Å²) in [6.07, 6.45) is 1.70. The van der Waals surface area contributed by atoms with E-state index in [4.69, 9.17) is 9.47 Å². The Kier molecular flexibility index (Phi) is 6.70. The van der Waals surface area contributed by atoms with E-state index in [-0.39, 0.29) is 5.82 Å². The third-order valence-electron chi connectivity index (χ3n) is 5.71. The molecule has 4 aromatic carbocycles. The van der Waals surface area contributed by atoms with Crippen molar-refractivity contribution in [2.24, 2.45) is 0 Å². The van der Waals surface area contributed by atoms with Gasteiger partial charge in [-0.05, 0) is 81.2 Å². The number of aromatic amines is 1. The average molecular weight is 542 g/mol. The number of fused-ring (bicyclic) bond motifs is 2. The topological polar surface area (TPSA) is 70.9 Å². The third kappa shape index (κ3) is 4.81. The van der Waals surface area contributed by atoms with Crippen molar-refractivity contribution in [3.05, 3.63) is 100 Å². The molecule has 0 aliphatic rings. The van der Waals surface area contributed by atoms with Crippen molar-refractivity contribution in [2.75, 3.05) is 6.61 Å². The number of allylic oxidation sites excluding steroid dienone is 1. The molecule has 0 unspecified atom stereocenters. The Morgan fingerprint density at radius 1 is 1.08 bits per heavy atom. The SMILES string of the molecule is CCOc1cc(/C=C(/C#N)c2nc3ccc(F)cc3[nH]2)cc(Br)c1OCc1cccc2ccccc12. The fraction of sp³-hybridized carbons (Fsp3) is 0.103. The van der Waals surface area contributed by atoms with Crippen LogP contribution in [0.4, 0.5) is 4.39 Å². The van der Waals surface area contributed by atoms with Crippen LogP contribution in [0.2, 0.25) is 0 Å². The van der Waals surface area contributed by atoms with E-state index in [0.717, 1.165) is 21.9 Å². The molecule has 1 aromatic heterocycles. The molecular weight excluding hydrogens is 521 g/mol. The quantitative estimate of drug-likeness (QED) is 0.215. The highest BCUT2D eigenvalue weighted by molar-refractivity contribution is 9.10. The summed E-state index contributed by atoms with van der Waals surface area (Å²) >= 11 is 3.61. The highest BCUT2D eigenvalue weighted by atomic mass is 79.9. The van der Waals surface area contributed by atoms with Crippen molar-refractivity contribution >= 4 is 49.4 Å². The van der Waals surface area contributed by atoms with E-state index in [9.17, 15) is 9.65 Å². The Labute approximate surface area is 215 Å². The van der Waals surface area contributed by atoms with Crippen molar-refractivity contribution < 1.29 is 13.9 Å². The van der Waals surface area contributed by atoms with E-state index < -0.39 is 0 Å².